The van der Waals surface area contributed by atoms with Gasteiger partial charge in [0.15, 0.2) is 0 Å². The molecule has 1 unspecified atom stereocenters. The molecule has 0 spiro atoms. The van der Waals surface area contributed by atoms with Crippen LogP contribution >= 0.6 is 0 Å². The van der Waals surface area contributed by atoms with Gasteiger partial charge in [-0.3, -0.25) is 0 Å². The predicted octanol–water partition coefficient (Wildman–Crippen LogP) is 4.68. The van der Waals surface area contributed by atoms with Crippen LogP contribution in [0.1, 0.15) is 57.4 Å². The first-order valence-electron chi connectivity index (χ1n) is 7.70. The molecule has 1 aliphatic rings. The second kappa shape index (κ2) is 7.63. The smallest absolute Gasteiger partial charge is 0.126 e. The van der Waals surface area contributed by atoms with Crippen LogP contribution in [-0.4, -0.2) is 19.3 Å². The van der Waals surface area contributed by atoms with Crippen LogP contribution in [0.25, 0.3) is 0 Å². The third kappa shape index (κ3) is 4.48. The number of hydrogen-bond acceptors (Lipinski definition) is 2. The first-order chi connectivity index (χ1) is 9.66. The van der Waals surface area contributed by atoms with E-state index in [4.69, 9.17) is 9.47 Å². The quantitative estimate of drug-likeness (QED) is 0.675. The van der Waals surface area contributed by atoms with Crippen LogP contribution in [0.4, 0.5) is 4.39 Å². The molecule has 2 nitrogen and oxygen atoms in total. The molecule has 0 N–H and O–H groups in total. The topological polar surface area (TPSA) is 18.5 Å². The zero-order valence-electron chi connectivity index (χ0n) is 12.5. The number of hydrogen-bond donors (Lipinski definition) is 0. The van der Waals surface area contributed by atoms with Crippen molar-refractivity contribution in [3.8, 4) is 5.75 Å². The minimum absolute atomic E-state index is 0.147. The van der Waals surface area contributed by atoms with Crippen molar-refractivity contribution >= 4 is 0 Å². The standard InChI is InChI=1S/C17H25FO2/c1-13(2)16-12-15(8-9-17(16)18)20-10-4-3-6-14-7-5-11-19-14/h8-9,12-14H,3-7,10-11H2,1-2H3. The molecule has 1 saturated heterocycles. The Morgan fingerprint density at radius 3 is 2.90 bits per heavy atom. The molecule has 0 amide bonds. The van der Waals surface area contributed by atoms with Gasteiger partial charge >= 0.3 is 0 Å². The fraction of sp³-hybridized carbons (Fsp3) is 0.647. The average Bonchev–Trinajstić information content (AvgIpc) is 2.93. The van der Waals surface area contributed by atoms with Crippen molar-refractivity contribution in [2.24, 2.45) is 0 Å². The second-order valence-electron chi connectivity index (χ2n) is 5.82. The van der Waals surface area contributed by atoms with Gasteiger partial charge in [0, 0.05) is 6.61 Å². The summed E-state index contributed by atoms with van der Waals surface area (Å²) in [7, 11) is 0. The van der Waals surface area contributed by atoms with E-state index in [-0.39, 0.29) is 11.7 Å². The van der Waals surface area contributed by atoms with Crippen molar-refractivity contribution in [3.63, 3.8) is 0 Å². The van der Waals surface area contributed by atoms with Gasteiger partial charge in [0.25, 0.3) is 0 Å². The molecule has 0 bridgehead atoms. The van der Waals surface area contributed by atoms with Gasteiger partial charge < -0.3 is 9.47 Å². The largest absolute Gasteiger partial charge is 0.494 e. The highest BCUT2D eigenvalue weighted by Gasteiger charge is 2.14. The van der Waals surface area contributed by atoms with Gasteiger partial charge in [0.05, 0.1) is 12.7 Å². The fourth-order valence-corrected chi connectivity index (χ4v) is 2.59. The number of halogens is 1. The van der Waals surface area contributed by atoms with E-state index in [1.807, 2.05) is 19.9 Å². The first kappa shape index (κ1) is 15.3. The van der Waals surface area contributed by atoms with E-state index in [0.717, 1.165) is 37.2 Å². The maximum Gasteiger partial charge on any atom is 0.126 e. The zero-order valence-corrected chi connectivity index (χ0v) is 12.5. The van der Waals surface area contributed by atoms with Crippen LogP contribution in [0.3, 0.4) is 0 Å². The van der Waals surface area contributed by atoms with Gasteiger partial charge in [-0.15, -0.1) is 0 Å². The van der Waals surface area contributed by atoms with Crippen LogP contribution in [-0.2, 0) is 4.74 Å². The number of benzene rings is 1. The summed E-state index contributed by atoms with van der Waals surface area (Å²) in [5.41, 5.74) is 0.724. The van der Waals surface area contributed by atoms with Gasteiger partial charge in [-0.25, -0.2) is 4.39 Å². The summed E-state index contributed by atoms with van der Waals surface area (Å²) in [6.45, 7) is 5.60. The molecule has 112 valence electrons. The van der Waals surface area contributed by atoms with Crippen LogP contribution in [0.15, 0.2) is 18.2 Å². The monoisotopic (exact) mass is 280 g/mol. The molecular formula is C17H25FO2. The van der Waals surface area contributed by atoms with Crippen molar-refractivity contribution in [1.82, 2.24) is 0 Å². The van der Waals surface area contributed by atoms with Crippen molar-refractivity contribution in [2.75, 3.05) is 13.2 Å². The molecule has 3 heteroatoms. The molecule has 0 saturated carbocycles. The summed E-state index contributed by atoms with van der Waals surface area (Å²) >= 11 is 0. The Hall–Kier alpha value is -1.09. The predicted molar refractivity (Wildman–Crippen MR) is 78.8 cm³/mol. The number of ether oxygens (including phenoxy) is 2. The molecule has 1 fully saturated rings. The molecule has 0 aliphatic carbocycles. The minimum Gasteiger partial charge on any atom is -0.494 e. The normalized spacial score (nSPS) is 18.7. The highest BCUT2D eigenvalue weighted by molar-refractivity contribution is 5.31. The summed E-state index contributed by atoms with van der Waals surface area (Å²) in [4.78, 5) is 0. The van der Waals surface area contributed by atoms with E-state index >= 15 is 0 Å². The summed E-state index contributed by atoms with van der Waals surface area (Å²) in [5.74, 6) is 0.802. The Kier molecular flexibility index (Phi) is 5.84. The first-order valence-corrected chi connectivity index (χ1v) is 7.70. The van der Waals surface area contributed by atoms with E-state index in [2.05, 4.69) is 0 Å². The lowest BCUT2D eigenvalue weighted by Gasteiger charge is -2.12. The van der Waals surface area contributed by atoms with Gasteiger partial charge in [0.1, 0.15) is 11.6 Å². The third-order valence-electron chi connectivity index (χ3n) is 3.80. The van der Waals surface area contributed by atoms with Gasteiger partial charge in [0.2, 0.25) is 0 Å². The van der Waals surface area contributed by atoms with E-state index in [1.54, 1.807) is 6.07 Å². The van der Waals surface area contributed by atoms with Crippen molar-refractivity contribution in [2.45, 2.75) is 58.0 Å². The van der Waals surface area contributed by atoms with E-state index in [9.17, 15) is 4.39 Å². The molecule has 1 aromatic carbocycles. The highest BCUT2D eigenvalue weighted by atomic mass is 19.1. The van der Waals surface area contributed by atoms with Gasteiger partial charge in [-0.2, -0.15) is 0 Å². The molecule has 1 heterocycles. The molecule has 1 atom stereocenters. The molecule has 0 radical (unpaired) electrons. The Labute approximate surface area is 121 Å². The number of rotatable bonds is 7. The van der Waals surface area contributed by atoms with Gasteiger partial charge in [-0.1, -0.05) is 13.8 Å². The van der Waals surface area contributed by atoms with Gasteiger partial charge in [-0.05, 0) is 61.8 Å². The summed E-state index contributed by atoms with van der Waals surface area (Å²) in [6.07, 6.45) is 6.15. The van der Waals surface area contributed by atoms with Crippen LogP contribution < -0.4 is 4.74 Å². The maximum atomic E-state index is 13.6. The molecule has 20 heavy (non-hydrogen) atoms. The molecular weight excluding hydrogens is 255 g/mol. The molecule has 0 aromatic heterocycles. The summed E-state index contributed by atoms with van der Waals surface area (Å²) in [5, 5.41) is 0. The Balaban J connectivity index is 1.69. The van der Waals surface area contributed by atoms with E-state index in [0.29, 0.717) is 12.7 Å². The lowest BCUT2D eigenvalue weighted by atomic mass is 10.0. The van der Waals surface area contributed by atoms with Crippen molar-refractivity contribution in [3.05, 3.63) is 29.6 Å². The van der Waals surface area contributed by atoms with Crippen LogP contribution in [0.5, 0.6) is 5.75 Å². The Morgan fingerprint density at radius 1 is 1.35 bits per heavy atom. The minimum atomic E-state index is -0.147. The molecule has 1 aromatic rings. The third-order valence-corrected chi connectivity index (χ3v) is 3.80. The lowest BCUT2D eigenvalue weighted by Crippen LogP contribution is -2.06. The zero-order chi connectivity index (χ0) is 14.4. The van der Waals surface area contributed by atoms with Crippen molar-refractivity contribution in [1.29, 1.82) is 0 Å². The van der Waals surface area contributed by atoms with Crippen LogP contribution in [0.2, 0.25) is 0 Å². The average molecular weight is 280 g/mol. The lowest BCUT2D eigenvalue weighted by molar-refractivity contribution is 0.101. The summed E-state index contributed by atoms with van der Waals surface area (Å²) < 4.78 is 24.9. The van der Waals surface area contributed by atoms with Crippen LogP contribution in [0, 0.1) is 5.82 Å². The summed E-state index contributed by atoms with van der Waals surface area (Å²) in [6, 6.07) is 5.03. The maximum absolute atomic E-state index is 13.6. The second-order valence-corrected chi connectivity index (χ2v) is 5.82. The Bertz CT molecular complexity index is 411. The highest BCUT2D eigenvalue weighted by Crippen LogP contribution is 2.24. The fourth-order valence-electron chi connectivity index (χ4n) is 2.59. The number of unbranched alkanes of at least 4 members (excludes halogenated alkanes) is 1. The van der Waals surface area contributed by atoms with Crippen molar-refractivity contribution < 1.29 is 13.9 Å². The van der Waals surface area contributed by atoms with E-state index in [1.165, 1.54) is 18.9 Å². The SMILES string of the molecule is CC(C)c1cc(OCCCCC2CCCO2)ccc1F. The van der Waals surface area contributed by atoms with E-state index < -0.39 is 0 Å². The molecule has 2 rings (SSSR count). The molecule has 1 aliphatic heterocycles. The Morgan fingerprint density at radius 2 is 2.20 bits per heavy atom.